The number of amides is 2. The van der Waals surface area contributed by atoms with Crippen LogP contribution in [0.3, 0.4) is 0 Å². The van der Waals surface area contributed by atoms with Crippen LogP contribution in [-0.4, -0.2) is 44.8 Å². The molecule has 2 aromatic rings. The number of nitrogens with one attached hydrogen (secondary N) is 1. The number of carbonyl (C=O) groups is 2. The van der Waals surface area contributed by atoms with E-state index in [4.69, 9.17) is 5.11 Å². The second-order valence-electron chi connectivity index (χ2n) is 8.91. The lowest BCUT2D eigenvalue weighted by Crippen LogP contribution is -2.49. The smallest absolute Gasteiger partial charge is 0.324 e. The van der Waals surface area contributed by atoms with Crippen LogP contribution in [0.4, 0.5) is 9.93 Å². The lowest BCUT2D eigenvalue weighted by molar-refractivity contribution is -0.136. The van der Waals surface area contributed by atoms with Gasteiger partial charge in [-0.1, -0.05) is 92.7 Å². The fourth-order valence-electron chi connectivity index (χ4n) is 4.69. The molecule has 2 N–H and O–H groups in total. The highest BCUT2D eigenvalue weighted by Crippen LogP contribution is 2.32. The van der Waals surface area contributed by atoms with Gasteiger partial charge in [0.2, 0.25) is 0 Å². The fraction of sp³-hybridized carbons (Fsp3) is 0.577. The number of nitrogens with zero attached hydrogens (tertiary/aromatic N) is 2. The molecule has 4 rings (SSSR count). The van der Waals surface area contributed by atoms with E-state index in [0.717, 1.165) is 29.9 Å². The summed E-state index contributed by atoms with van der Waals surface area (Å²) in [6.07, 6.45) is 15.0. The van der Waals surface area contributed by atoms with E-state index in [0.29, 0.717) is 23.0 Å². The molecule has 186 valence electrons. The maximum absolute atomic E-state index is 13.2. The van der Waals surface area contributed by atoms with Gasteiger partial charge in [0, 0.05) is 17.8 Å². The Morgan fingerprint density at radius 2 is 1.41 bits per heavy atom. The summed E-state index contributed by atoms with van der Waals surface area (Å²) in [4.78, 5) is 30.4. The van der Waals surface area contributed by atoms with E-state index in [9.17, 15) is 9.59 Å². The number of thioether (sulfide) groups is 1. The highest BCUT2D eigenvalue weighted by molar-refractivity contribution is 8.01. The fourth-order valence-corrected chi connectivity index (χ4v) is 6.56. The normalized spacial score (nSPS) is 17.2. The van der Waals surface area contributed by atoms with Crippen LogP contribution in [0, 0.1) is 0 Å². The number of carboxylic acid groups (broad SMARTS) is 1. The largest absolute Gasteiger partial charge is 0.481 e. The number of benzene rings is 1. The van der Waals surface area contributed by atoms with Crippen LogP contribution in [0.5, 0.6) is 0 Å². The van der Waals surface area contributed by atoms with Crippen molar-refractivity contribution < 1.29 is 14.7 Å². The molecule has 0 saturated heterocycles. The first-order chi connectivity index (χ1) is 16.6. The first-order valence-corrected chi connectivity index (χ1v) is 14.3. The molecule has 2 amide bonds. The molecular formula is C26H37N3O3S2. The number of rotatable bonds is 7. The molecule has 2 aliphatic rings. The van der Waals surface area contributed by atoms with Gasteiger partial charge in [0.15, 0.2) is 5.13 Å². The Hall–Kier alpha value is -2.06. The zero-order valence-electron chi connectivity index (χ0n) is 19.9. The van der Waals surface area contributed by atoms with Gasteiger partial charge in [0.25, 0.3) is 0 Å². The number of carbonyl (C=O) groups excluding carboxylic acids is 1. The molecule has 8 heteroatoms. The van der Waals surface area contributed by atoms with Gasteiger partial charge in [-0.25, -0.2) is 9.78 Å². The predicted octanol–water partition coefficient (Wildman–Crippen LogP) is 7.29. The molecule has 0 aliphatic heterocycles. The quantitative estimate of drug-likeness (QED) is 0.306. The molecular weight excluding hydrogens is 466 g/mol. The summed E-state index contributed by atoms with van der Waals surface area (Å²) >= 11 is 2.90. The molecule has 0 bridgehead atoms. The Morgan fingerprint density at radius 1 is 0.912 bits per heavy atom. The van der Waals surface area contributed by atoms with Gasteiger partial charge in [-0.3, -0.25) is 10.1 Å². The first kappa shape index (κ1) is 26.5. The summed E-state index contributed by atoms with van der Waals surface area (Å²) in [5.74, 6) is -0.279. The van der Waals surface area contributed by atoms with Crippen LogP contribution in [-0.2, 0) is 4.79 Å². The standard InChI is InChI=1S/C20H31N3O3S2.C6H6/c24-17(25)12-13-27-18-14-21-19(28-18)22-20(26)23(16-10-6-3-7-11-16)15-8-4-1-2-5-9-15;1-2-4-6-5-3-1/h14-16H,1-13H2,(H,24,25)(H,21,22,26);1-6H. The van der Waals surface area contributed by atoms with Gasteiger partial charge in [0.05, 0.1) is 16.8 Å². The summed E-state index contributed by atoms with van der Waals surface area (Å²) in [6, 6.07) is 12.7. The van der Waals surface area contributed by atoms with E-state index in [-0.39, 0.29) is 12.5 Å². The van der Waals surface area contributed by atoms with Gasteiger partial charge >= 0.3 is 12.0 Å². The number of carboxylic acids is 1. The maximum atomic E-state index is 13.2. The highest BCUT2D eigenvalue weighted by atomic mass is 32.2. The van der Waals surface area contributed by atoms with Crippen molar-refractivity contribution in [3.63, 3.8) is 0 Å². The molecule has 0 atom stereocenters. The lowest BCUT2D eigenvalue weighted by Gasteiger charge is -2.39. The van der Waals surface area contributed by atoms with Crippen LogP contribution in [0.25, 0.3) is 0 Å². The zero-order valence-corrected chi connectivity index (χ0v) is 21.5. The third-order valence-electron chi connectivity index (χ3n) is 6.35. The Bertz CT molecular complexity index is 821. The van der Waals surface area contributed by atoms with E-state index in [1.54, 1.807) is 6.20 Å². The van der Waals surface area contributed by atoms with Crippen molar-refractivity contribution in [2.45, 2.75) is 93.3 Å². The summed E-state index contributed by atoms with van der Waals surface area (Å²) in [6.45, 7) is 0. The summed E-state index contributed by atoms with van der Waals surface area (Å²) in [5.41, 5.74) is 0. The molecule has 0 unspecified atom stereocenters. The first-order valence-electron chi connectivity index (χ1n) is 12.5. The minimum absolute atomic E-state index is 0.00441. The van der Waals surface area contributed by atoms with Crippen molar-refractivity contribution in [2.24, 2.45) is 0 Å². The molecule has 2 saturated carbocycles. The van der Waals surface area contributed by atoms with Crippen molar-refractivity contribution in [3.8, 4) is 0 Å². The van der Waals surface area contributed by atoms with Crippen molar-refractivity contribution in [2.75, 3.05) is 11.1 Å². The monoisotopic (exact) mass is 503 g/mol. The zero-order chi connectivity index (χ0) is 24.0. The van der Waals surface area contributed by atoms with Gasteiger partial charge < -0.3 is 10.0 Å². The van der Waals surface area contributed by atoms with Gasteiger partial charge in [-0.05, 0) is 25.7 Å². The Balaban J connectivity index is 0.000000469. The highest BCUT2D eigenvalue weighted by Gasteiger charge is 2.32. The number of anilines is 1. The predicted molar refractivity (Wildman–Crippen MR) is 141 cm³/mol. The molecule has 1 heterocycles. The summed E-state index contributed by atoms with van der Waals surface area (Å²) < 4.78 is 0.940. The number of hydrogen-bond donors (Lipinski definition) is 2. The van der Waals surface area contributed by atoms with Crippen LogP contribution in [0.15, 0.2) is 46.8 Å². The molecule has 0 radical (unpaired) electrons. The Kier molecular flexibility index (Phi) is 11.7. The van der Waals surface area contributed by atoms with Crippen molar-refractivity contribution in [1.82, 2.24) is 9.88 Å². The number of urea groups is 1. The topological polar surface area (TPSA) is 82.5 Å². The van der Waals surface area contributed by atoms with Crippen molar-refractivity contribution in [1.29, 1.82) is 0 Å². The van der Waals surface area contributed by atoms with Crippen LogP contribution in [0.2, 0.25) is 0 Å². The van der Waals surface area contributed by atoms with Crippen LogP contribution in [0.1, 0.15) is 77.0 Å². The van der Waals surface area contributed by atoms with E-state index in [2.05, 4.69) is 15.2 Å². The van der Waals surface area contributed by atoms with Gasteiger partial charge in [0.1, 0.15) is 0 Å². The SMILES string of the molecule is O=C(O)CCSc1cnc(NC(=O)N(C2CCCCCC2)C2CCCCC2)s1.c1ccccc1. The molecule has 0 spiro atoms. The van der Waals surface area contributed by atoms with Crippen LogP contribution < -0.4 is 5.32 Å². The Labute approximate surface area is 211 Å². The number of aliphatic carboxylic acids is 1. The average molecular weight is 504 g/mol. The van der Waals surface area contributed by atoms with Crippen molar-refractivity contribution >= 4 is 40.2 Å². The van der Waals surface area contributed by atoms with E-state index in [1.165, 1.54) is 68.0 Å². The lowest BCUT2D eigenvalue weighted by atomic mass is 9.92. The second-order valence-corrected chi connectivity index (χ2v) is 11.3. The Morgan fingerprint density at radius 3 is 1.91 bits per heavy atom. The van der Waals surface area contributed by atoms with Crippen molar-refractivity contribution in [3.05, 3.63) is 42.6 Å². The van der Waals surface area contributed by atoms with Crippen LogP contribution >= 0.6 is 23.1 Å². The molecule has 34 heavy (non-hydrogen) atoms. The summed E-state index contributed by atoms with van der Waals surface area (Å²) in [7, 11) is 0. The third kappa shape index (κ3) is 9.29. The minimum Gasteiger partial charge on any atom is -0.481 e. The molecule has 2 fully saturated rings. The second kappa shape index (κ2) is 15.0. The third-order valence-corrected chi connectivity index (χ3v) is 8.46. The number of thiazole rings is 1. The van der Waals surface area contributed by atoms with Gasteiger partial charge in [-0.15, -0.1) is 11.8 Å². The number of aromatic nitrogens is 1. The van der Waals surface area contributed by atoms with E-state index < -0.39 is 5.97 Å². The van der Waals surface area contributed by atoms with E-state index in [1.807, 2.05) is 36.4 Å². The van der Waals surface area contributed by atoms with Gasteiger partial charge in [-0.2, -0.15) is 0 Å². The average Bonchev–Trinajstić information content (AvgIpc) is 3.12. The molecule has 2 aliphatic carbocycles. The molecule has 1 aromatic carbocycles. The minimum atomic E-state index is -0.794. The maximum Gasteiger partial charge on any atom is 0.324 e. The molecule has 6 nitrogen and oxygen atoms in total. The summed E-state index contributed by atoms with van der Waals surface area (Å²) in [5, 5.41) is 12.4. The number of hydrogen-bond acceptors (Lipinski definition) is 5. The van der Waals surface area contributed by atoms with E-state index >= 15 is 0 Å². The molecule has 1 aromatic heterocycles.